The fraction of sp³-hybridized carbons (Fsp3) is 0.500. The van der Waals surface area contributed by atoms with E-state index in [0.29, 0.717) is 12.0 Å². The minimum absolute atomic E-state index is 0.0366. The molecule has 0 spiro atoms. The quantitative estimate of drug-likeness (QED) is 0.777. The number of aryl methyl sites for hydroxylation is 2. The first-order chi connectivity index (χ1) is 14.6. The number of fused-ring (bicyclic) bond motifs is 1. The summed E-state index contributed by atoms with van der Waals surface area (Å²) in [6, 6.07) is 8.85. The van der Waals surface area contributed by atoms with Crippen molar-refractivity contribution in [3.63, 3.8) is 0 Å². The van der Waals surface area contributed by atoms with Crippen molar-refractivity contribution in [3.8, 4) is 6.07 Å². The Kier molecular flexibility index (Phi) is 6.40. The van der Waals surface area contributed by atoms with Gasteiger partial charge in [0, 0.05) is 10.6 Å². The van der Waals surface area contributed by atoms with E-state index in [1.807, 2.05) is 0 Å². The molecule has 5 nitrogen and oxygen atoms in total. The number of rotatable bonds is 5. The first-order valence-electron chi connectivity index (χ1n) is 11.1. The van der Waals surface area contributed by atoms with Gasteiger partial charge in [0.05, 0.1) is 44.7 Å². The Morgan fingerprint density at radius 2 is 2.00 bits per heavy atom. The highest BCUT2D eigenvalue weighted by Gasteiger charge is 2.24. The first-order valence-corrected chi connectivity index (χ1v) is 11.9. The molecule has 1 saturated heterocycles. The lowest BCUT2D eigenvalue weighted by atomic mass is 9.96. The molecule has 6 heteroatoms. The third kappa shape index (κ3) is 4.38. The molecule has 1 aliphatic heterocycles. The standard InChI is InChI=1S/C24H30N4OS/c1-17-6-5-8-21(18(17)2)28-14-12-27(13-15-28)11-10-23(29)26-24-20(16-25)19-7-3-4-9-22(19)30-24/h5-6,8H,3-4,7,9-15H2,1-2H3,(H,26,29)/p+1. The fourth-order valence-electron chi connectivity index (χ4n) is 4.64. The van der Waals surface area contributed by atoms with Gasteiger partial charge < -0.3 is 15.1 Å². The van der Waals surface area contributed by atoms with Crippen LogP contribution < -0.4 is 15.1 Å². The molecule has 2 heterocycles. The van der Waals surface area contributed by atoms with Crippen molar-refractivity contribution in [3.05, 3.63) is 45.3 Å². The number of carbonyl (C=O) groups excluding carboxylic acids is 1. The number of quaternary nitrogens is 1. The Labute approximate surface area is 183 Å². The van der Waals surface area contributed by atoms with Crippen LogP contribution in [0.25, 0.3) is 0 Å². The third-order valence-corrected chi connectivity index (χ3v) is 7.84. The first kappa shape index (κ1) is 20.9. The van der Waals surface area contributed by atoms with E-state index in [1.165, 1.54) is 38.6 Å². The van der Waals surface area contributed by atoms with Crippen LogP contribution in [0.2, 0.25) is 0 Å². The maximum Gasteiger partial charge on any atom is 0.230 e. The molecule has 158 valence electrons. The van der Waals surface area contributed by atoms with Crippen LogP contribution in [0, 0.1) is 25.2 Å². The van der Waals surface area contributed by atoms with Crippen LogP contribution in [0.4, 0.5) is 10.7 Å². The van der Waals surface area contributed by atoms with E-state index in [1.54, 1.807) is 11.3 Å². The number of anilines is 2. The molecule has 30 heavy (non-hydrogen) atoms. The van der Waals surface area contributed by atoms with Gasteiger partial charge in [-0.05, 0) is 62.3 Å². The number of hydrogen-bond donors (Lipinski definition) is 2. The monoisotopic (exact) mass is 423 g/mol. The normalized spacial score (nSPS) is 16.8. The van der Waals surface area contributed by atoms with Crippen LogP contribution in [0.3, 0.4) is 0 Å². The molecule has 1 aromatic carbocycles. The molecule has 1 aliphatic carbocycles. The van der Waals surface area contributed by atoms with Crippen LogP contribution in [-0.2, 0) is 17.6 Å². The van der Waals surface area contributed by atoms with Gasteiger partial charge >= 0.3 is 0 Å². The number of hydrogen-bond acceptors (Lipinski definition) is 4. The molecular weight excluding hydrogens is 392 g/mol. The molecular formula is C24H31N4OS+. The SMILES string of the molecule is Cc1cccc(N2CC[NH+](CCC(=O)Nc3sc4c(c3C#N)CCCC4)CC2)c1C. The Bertz CT molecular complexity index is 966. The molecule has 0 saturated carbocycles. The molecule has 0 bridgehead atoms. The predicted molar refractivity (Wildman–Crippen MR) is 123 cm³/mol. The van der Waals surface area contributed by atoms with E-state index in [0.717, 1.165) is 57.0 Å². The zero-order valence-electron chi connectivity index (χ0n) is 18.0. The maximum atomic E-state index is 12.6. The lowest BCUT2D eigenvalue weighted by molar-refractivity contribution is -0.900. The van der Waals surface area contributed by atoms with E-state index in [9.17, 15) is 10.1 Å². The van der Waals surface area contributed by atoms with E-state index in [2.05, 4.69) is 48.3 Å². The Morgan fingerprint density at radius 3 is 2.77 bits per heavy atom. The molecule has 1 fully saturated rings. The highest BCUT2D eigenvalue weighted by molar-refractivity contribution is 7.16. The largest absolute Gasteiger partial charge is 0.360 e. The zero-order valence-corrected chi connectivity index (χ0v) is 18.8. The van der Waals surface area contributed by atoms with E-state index < -0.39 is 0 Å². The summed E-state index contributed by atoms with van der Waals surface area (Å²) in [6.07, 6.45) is 4.84. The fourth-order valence-corrected chi connectivity index (χ4v) is 5.90. The summed E-state index contributed by atoms with van der Waals surface area (Å²) in [4.78, 5) is 17.8. The van der Waals surface area contributed by atoms with Gasteiger partial charge in [-0.2, -0.15) is 5.26 Å². The molecule has 4 rings (SSSR count). The van der Waals surface area contributed by atoms with E-state index in [-0.39, 0.29) is 5.91 Å². The van der Waals surface area contributed by atoms with E-state index in [4.69, 9.17) is 0 Å². The van der Waals surface area contributed by atoms with Crippen molar-refractivity contribution >= 4 is 27.9 Å². The minimum atomic E-state index is 0.0366. The highest BCUT2D eigenvalue weighted by atomic mass is 32.1. The van der Waals surface area contributed by atoms with Gasteiger partial charge in [-0.1, -0.05) is 12.1 Å². The summed E-state index contributed by atoms with van der Waals surface area (Å²) in [5.41, 5.74) is 5.94. The van der Waals surface area contributed by atoms with Gasteiger partial charge in [0.15, 0.2) is 0 Å². The average Bonchev–Trinajstić information content (AvgIpc) is 3.11. The van der Waals surface area contributed by atoms with Gasteiger partial charge in [-0.15, -0.1) is 11.3 Å². The molecule has 2 aliphatic rings. The topological polar surface area (TPSA) is 60.6 Å². The molecule has 0 unspecified atom stereocenters. The van der Waals surface area contributed by atoms with Gasteiger partial charge in [0.1, 0.15) is 11.1 Å². The van der Waals surface area contributed by atoms with Gasteiger partial charge in [0.25, 0.3) is 0 Å². The van der Waals surface area contributed by atoms with Crippen molar-refractivity contribution in [2.24, 2.45) is 0 Å². The Hall–Kier alpha value is -2.36. The minimum Gasteiger partial charge on any atom is -0.360 e. The summed E-state index contributed by atoms with van der Waals surface area (Å²) >= 11 is 1.61. The van der Waals surface area contributed by atoms with Crippen LogP contribution in [0.1, 0.15) is 46.4 Å². The van der Waals surface area contributed by atoms with Crippen molar-refractivity contribution in [1.29, 1.82) is 5.26 Å². The second-order valence-electron chi connectivity index (χ2n) is 8.53. The second-order valence-corrected chi connectivity index (χ2v) is 9.64. The number of nitrogens with one attached hydrogen (secondary N) is 2. The lowest BCUT2D eigenvalue weighted by Gasteiger charge is -2.34. The highest BCUT2D eigenvalue weighted by Crippen LogP contribution is 2.37. The van der Waals surface area contributed by atoms with Crippen molar-refractivity contribution in [2.45, 2.75) is 46.0 Å². The average molecular weight is 424 g/mol. The number of carbonyl (C=O) groups is 1. The van der Waals surface area contributed by atoms with Gasteiger partial charge in [0.2, 0.25) is 5.91 Å². The number of amides is 1. The van der Waals surface area contributed by atoms with Crippen molar-refractivity contribution in [1.82, 2.24) is 0 Å². The second kappa shape index (κ2) is 9.20. The molecule has 0 atom stereocenters. The van der Waals surface area contributed by atoms with E-state index >= 15 is 0 Å². The predicted octanol–water partition coefficient (Wildman–Crippen LogP) is 2.85. The number of nitrogens with zero attached hydrogens (tertiary/aromatic N) is 2. The number of thiophene rings is 1. The number of piperazine rings is 1. The maximum absolute atomic E-state index is 12.6. The van der Waals surface area contributed by atoms with Crippen molar-refractivity contribution < 1.29 is 9.69 Å². The summed E-state index contributed by atoms with van der Waals surface area (Å²) in [5, 5.41) is 13.4. The van der Waals surface area contributed by atoms with Crippen molar-refractivity contribution in [2.75, 3.05) is 42.9 Å². The molecule has 1 aromatic heterocycles. The number of nitriles is 1. The van der Waals surface area contributed by atoms with Crippen LogP contribution in [0.5, 0.6) is 0 Å². The third-order valence-electron chi connectivity index (χ3n) is 6.63. The van der Waals surface area contributed by atoms with Crippen LogP contribution >= 0.6 is 11.3 Å². The number of benzene rings is 1. The molecule has 1 amide bonds. The molecule has 2 N–H and O–H groups in total. The Balaban J connectivity index is 1.28. The summed E-state index contributed by atoms with van der Waals surface area (Å²) < 4.78 is 0. The summed E-state index contributed by atoms with van der Waals surface area (Å²) in [6.45, 7) is 9.37. The summed E-state index contributed by atoms with van der Waals surface area (Å²) in [7, 11) is 0. The van der Waals surface area contributed by atoms with Crippen LogP contribution in [0.15, 0.2) is 18.2 Å². The van der Waals surface area contributed by atoms with Gasteiger partial charge in [-0.25, -0.2) is 0 Å². The van der Waals surface area contributed by atoms with Gasteiger partial charge in [-0.3, -0.25) is 4.79 Å². The zero-order chi connectivity index (χ0) is 21.1. The lowest BCUT2D eigenvalue weighted by Crippen LogP contribution is -3.15. The van der Waals surface area contributed by atoms with Crippen LogP contribution in [-0.4, -0.2) is 38.6 Å². The molecule has 0 radical (unpaired) electrons. The Morgan fingerprint density at radius 1 is 1.23 bits per heavy atom. The smallest absolute Gasteiger partial charge is 0.230 e. The summed E-state index contributed by atoms with van der Waals surface area (Å²) in [5.74, 6) is 0.0366. The molecule has 2 aromatic rings.